The molecule has 0 saturated heterocycles. The molecule has 0 unspecified atom stereocenters. The lowest BCUT2D eigenvalue weighted by Gasteiger charge is -2.20. The molecule has 3 heteroatoms. The maximum absolute atomic E-state index is 5.69. The lowest BCUT2D eigenvalue weighted by Crippen LogP contribution is -2.12. The molecule has 0 radical (unpaired) electrons. The Kier molecular flexibility index (Phi) is 3.08. The molecule has 0 spiro atoms. The summed E-state index contributed by atoms with van der Waals surface area (Å²) in [6.07, 6.45) is 3.12. The first-order valence-corrected chi connectivity index (χ1v) is 5.74. The highest BCUT2D eigenvalue weighted by atomic mass is 79.9. The smallest absolute Gasteiger partial charge is 0.125 e. The third kappa shape index (κ3) is 1.93. The van der Waals surface area contributed by atoms with Crippen molar-refractivity contribution < 1.29 is 4.74 Å². The number of hydrogen-bond donors (Lipinski definition) is 1. The molecule has 0 amide bonds. The van der Waals surface area contributed by atoms with Crippen LogP contribution < -0.4 is 10.5 Å². The van der Waals surface area contributed by atoms with Crippen LogP contribution in [0.5, 0.6) is 5.75 Å². The third-order valence-electron chi connectivity index (χ3n) is 2.46. The molecule has 0 atom stereocenters. The number of benzene rings is 1. The number of fused-ring (bicyclic) bond motifs is 1. The van der Waals surface area contributed by atoms with E-state index in [9.17, 15) is 0 Å². The van der Waals surface area contributed by atoms with Crippen molar-refractivity contribution in [3.05, 3.63) is 27.7 Å². The second kappa shape index (κ2) is 4.32. The number of rotatable bonds is 2. The van der Waals surface area contributed by atoms with Crippen molar-refractivity contribution in [1.29, 1.82) is 0 Å². The summed E-state index contributed by atoms with van der Waals surface area (Å²) in [6.45, 7) is 1.51. The molecule has 76 valence electrons. The Hall–Kier alpha value is -0.540. The summed E-state index contributed by atoms with van der Waals surface area (Å²) in [5, 5.41) is 0. The van der Waals surface area contributed by atoms with Gasteiger partial charge in [-0.05, 0) is 49.1 Å². The van der Waals surface area contributed by atoms with Crippen LogP contribution in [0, 0.1) is 0 Å². The largest absolute Gasteiger partial charge is 0.493 e. The predicted octanol–water partition coefficient (Wildman–Crippen LogP) is 2.28. The SMILES string of the molecule is NCCc1cc(Br)cc2c1OCCC2. The van der Waals surface area contributed by atoms with Gasteiger partial charge in [0.25, 0.3) is 0 Å². The molecular formula is C11H14BrNO. The molecule has 1 aromatic rings. The number of hydrogen-bond acceptors (Lipinski definition) is 2. The molecular weight excluding hydrogens is 242 g/mol. The molecule has 1 heterocycles. The van der Waals surface area contributed by atoms with Gasteiger partial charge in [-0.25, -0.2) is 0 Å². The number of ether oxygens (including phenoxy) is 1. The predicted molar refractivity (Wildman–Crippen MR) is 60.7 cm³/mol. The van der Waals surface area contributed by atoms with E-state index in [1.807, 2.05) is 0 Å². The van der Waals surface area contributed by atoms with E-state index in [0.717, 1.165) is 36.1 Å². The summed E-state index contributed by atoms with van der Waals surface area (Å²) in [6, 6.07) is 4.26. The topological polar surface area (TPSA) is 35.2 Å². The van der Waals surface area contributed by atoms with E-state index in [4.69, 9.17) is 10.5 Å². The van der Waals surface area contributed by atoms with Gasteiger partial charge >= 0.3 is 0 Å². The Labute approximate surface area is 92.6 Å². The summed E-state index contributed by atoms with van der Waals surface area (Å²) in [7, 11) is 0. The minimum absolute atomic E-state index is 0.673. The highest BCUT2D eigenvalue weighted by Gasteiger charge is 2.14. The van der Waals surface area contributed by atoms with Gasteiger partial charge in [-0.2, -0.15) is 0 Å². The van der Waals surface area contributed by atoms with Gasteiger partial charge < -0.3 is 10.5 Å². The Morgan fingerprint density at radius 1 is 1.43 bits per heavy atom. The zero-order valence-electron chi connectivity index (χ0n) is 8.05. The molecule has 1 aliphatic rings. The summed E-state index contributed by atoms with van der Waals surface area (Å²) in [4.78, 5) is 0. The first-order chi connectivity index (χ1) is 6.81. The van der Waals surface area contributed by atoms with Crippen LogP contribution in [0.25, 0.3) is 0 Å². The van der Waals surface area contributed by atoms with Crippen LogP contribution in [0.4, 0.5) is 0 Å². The van der Waals surface area contributed by atoms with E-state index in [-0.39, 0.29) is 0 Å². The zero-order valence-corrected chi connectivity index (χ0v) is 9.64. The van der Waals surface area contributed by atoms with Crippen LogP contribution in [-0.2, 0) is 12.8 Å². The summed E-state index contributed by atoms with van der Waals surface area (Å²) in [5.74, 6) is 1.07. The molecule has 0 bridgehead atoms. The van der Waals surface area contributed by atoms with Crippen LogP contribution in [0.2, 0.25) is 0 Å². The van der Waals surface area contributed by atoms with Crippen LogP contribution in [0.3, 0.4) is 0 Å². The molecule has 2 N–H and O–H groups in total. The van der Waals surface area contributed by atoms with Gasteiger partial charge in [0.1, 0.15) is 5.75 Å². The van der Waals surface area contributed by atoms with E-state index in [1.165, 1.54) is 11.1 Å². The molecule has 2 rings (SSSR count). The zero-order chi connectivity index (χ0) is 9.97. The van der Waals surface area contributed by atoms with Crippen molar-refractivity contribution >= 4 is 15.9 Å². The fourth-order valence-corrected chi connectivity index (χ4v) is 2.41. The minimum Gasteiger partial charge on any atom is -0.493 e. The van der Waals surface area contributed by atoms with Gasteiger partial charge in [-0.3, -0.25) is 0 Å². The van der Waals surface area contributed by atoms with Crippen LogP contribution in [0.15, 0.2) is 16.6 Å². The van der Waals surface area contributed by atoms with Crippen molar-refractivity contribution in [2.24, 2.45) is 5.73 Å². The fraction of sp³-hybridized carbons (Fsp3) is 0.455. The first-order valence-electron chi connectivity index (χ1n) is 4.95. The van der Waals surface area contributed by atoms with Crippen molar-refractivity contribution in [2.75, 3.05) is 13.2 Å². The number of halogens is 1. The minimum atomic E-state index is 0.673. The van der Waals surface area contributed by atoms with Gasteiger partial charge in [-0.1, -0.05) is 15.9 Å². The maximum atomic E-state index is 5.69. The Balaban J connectivity index is 2.41. The Morgan fingerprint density at radius 2 is 2.29 bits per heavy atom. The van der Waals surface area contributed by atoms with E-state index in [0.29, 0.717) is 6.54 Å². The standard InChI is InChI=1S/C11H14BrNO/c12-10-6-8-2-1-5-14-11(8)9(7-10)3-4-13/h6-7H,1-5,13H2. The number of nitrogens with two attached hydrogens (primary N) is 1. The lowest BCUT2D eigenvalue weighted by atomic mass is 10.0. The molecule has 1 aromatic carbocycles. The van der Waals surface area contributed by atoms with Crippen molar-refractivity contribution in [3.63, 3.8) is 0 Å². The maximum Gasteiger partial charge on any atom is 0.125 e. The van der Waals surface area contributed by atoms with Gasteiger partial charge in [0.05, 0.1) is 6.61 Å². The fourth-order valence-electron chi connectivity index (χ4n) is 1.86. The van der Waals surface area contributed by atoms with Crippen molar-refractivity contribution in [3.8, 4) is 5.75 Å². The van der Waals surface area contributed by atoms with E-state index < -0.39 is 0 Å². The normalized spacial score (nSPS) is 14.7. The second-order valence-corrected chi connectivity index (χ2v) is 4.46. The highest BCUT2D eigenvalue weighted by Crippen LogP contribution is 2.32. The van der Waals surface area contributed by atoms with E-state index >= 15 is 0 Å². The molecule has 14 heavy (non-hydrogen) atoms. The summed E-state index contributed by atoms with van der Waals surface area (Å²) >= 11 is 3.51. The van der Waals surface area contributed by atoms with Gasteiger partial charge in [0.2, 0.25) is 0 Å². The van der Waals surface area contributed by atoms with Crippen LogP contribution in [0.1, 0.15) is 17.5 Å². The monoisotopic (exact) mass is 255 g/mol. The second-order valence-electron chi connectivity index (χ2n) is 3.54. The summed E-state index contributed by atoms with van der Waals surface area (Å²) in [5.41, 5.74) is 8.12. The third-order valence-corrected chi connectivity index (χ3v) is 2.92. The van der Waals surface area contributed by atoms with Crippen LogP contribution >= 0.6 is 15.9 Å². The van der Waals surface area contributed by atoms with Gasteiger partial charge in [-0.15, -0.1) is 0 Å². The lowest BCUT2D eigenvalue weighted by molar-refractivity contribution is 0.285. The van der Waals surface area contributed by atoms with Gasteiger partial charge in [0, 0.05) is 4.47 Å². The molecule has 1 aliphatic heterocycles. The quantitative estimate of drug-likeness (QED) is 0.881. The first kappa shape index (κ1) is 9.99. The number of aryl methyl sites for hydroxylation is 1. The molecule has 0 saturated carbocycles. The van der Waals surface area contributed by atoms with Crippen molar-refractivity contribution in [2.45, 2.75) is 19.3 Å². The Bertz CT molecular complexity index is 338. The molecule has 0 fully saturated rings. The average molecular weight is 256 g/mol. The molecule has 0 aromatic heterocycles. The molecule has 2 nitrogen and oxygen atoms in total. The molecule has 0 aliphatic carbocycles. The van der Waals surface area contributed by atoms with Crippen LogP contribution in [-0.4, -0.2) is 13.2 Å². The highest BCUT2D eigenvalue weighted by molar-refractivity contribution is 9.10. The van der Waals surface area contributed by atoms with E-state index in [1.54, 1.807) is 0 Å². The summed E-state index contributed by atoms with van der Waals surface area (Å²) < 4.78 is 6.82. The average Bonchev–Trinajstić information content (AvgIpc) is 2.18. The van der Waals surface area contributed by atoms with Gasteiger partial charge in [0.15, 0.2) is 0 Å². The Morgan fingerprint density at radius 3 is 3.07 bits per heavy atom. The van der Waals surface area contributed by atoms with Crippen molar-refractivity contribution in [1.82, 2.24) is 0 Å². The van der Waals surface area contributed by atoms with E-state index in [2.05, 4.69) is 28.1 Å².